The zero-order valence-electron chi connectivity index (χ0n) is 16.6. The van der Waals surface area contributed by atoms with Crippen LogP contribution in [0.2, 0.25) is 0 Å². The molecule has 4 rings (SSSR count). The first-order valence-electron chi connectivity index (χ1n) is 9.41. The molecule has 7 nitrogen and oxygen atoms in total. The lowest BCUT2D eigenvalue weighted by Crippen LogP contribution is -2.25. The molecule has 1 aromatic heterocycles. The fourth-order valence-corrected chi connectivity index (χ4v) is 3.31. The van der Waals surface area contributed by atoms with E-state index in [4.69, 9.17) is 9.47 Å². The Bertz CT molecular complexity index is 1110. The van der Waals surface area contributed by atoms with E-state index >= 15 is 0 Å². The largest absolute Gasteiger partial charge is 0.454 e. The molecule has 2 aromatic carbocycles. The van der Waals surface area contributed by atoms with E-state index in [2.05, 4.69) is 15.8 Å². The molecule has 2 heterocycles. The Balaban J connectivity index is 1.35. The van der Waals surface area contributed by atoms with E-state index in [1.165, 1.54) is 12.1 Å². The minimum Gasteiger partial charge on any atom is -0.454 e. The number of nitrogens with zero attached hydrogens (tertiary/aromatic N) is 2. The predicted molar refractivity (Wildman–Crippen MR) is 112 cm³/mol. The smallest absolute Gasteiger partial charge is 0.259 e. The number of rotatable bonds is 6. The highest BCUT2D eigenvalue weighted by Crippen LogP contribution is 2.34. The molecule has 0 unspecified atom stereocenters. The molecule has 0 saturated heterocycles. The van der Waals surface area contributed by atoms with Crippen molar-refractivity contribution in [3.05, 3.63) is 71.3 Å². The third-order valence-corrected chi connectivity index (χ3v) is 4.77. The van der Waals surface area contributed by atoms with Crippen LogP contribution in [0.4, 0.5) is 10.1 Å². The van der Waals surface area contributed by atoms with E-state index < -0.39 is 0 Å². The van der Waals surface area contributed by atoms with Gasteiger partial charge in [0.1, 0.15) is 5.82 Å². The molecular weight excluding hydrogens is 387 g/mol. The summed E-state index contributed by atoms with van der Waals surface area (Å²) in [6, 6.07) is 13.6. The van der Waals surface area contributed by atoms with Gasteiger partial charge in [0.05, 0.1) is 12.8 Å². The molecule has 1 aliphatic heterocycles. The van der Waals surface area contributed by atoms with Crippen molar-refractivity contribution in [1.29, 1.82) is 0 Å². The van der Waals surface area contributed by atoms with E-state index in [-0.39, 0.29) is 25.1 Å². The van der Waals surface area contributed by atoms with Crippen LogP contribution in [0.25, 0.3) is 5.69 Å². The summed E-state index contributed by atoms with van der Waals surface area (Å²) >= 11 is 0. The molecule has 1 amide bonds. The van der Waals surface area contributed by atoms with Gasteiger partial charge in [0.2, 0.25) is 6.79 Å². The predicted octanol–water partition coefficient (Wildman–Crippen LogP) is 3.52. The number of anilines is 1. The molecule has 30 heavy (non-hydrogen) atoms. The summed E-state index contributed by atoms with van der Waals surface area (Å²) in [6.07, 6.45) is 1.60. The zero-order valence-corrected chi connectivity index (χ0v) is 16.6. The molecule has 0 atom stereocenters. The van der Waals surface area contributed by atoms with Crippen molar-refractivity contribution < 1.29 is 18.7 Å². The van der Waals surface area contributed by atoms with Gasteiger partial charge in [-0.25, -0.2) is 9.82 Å². The highest BCUT2D eigenvalue weighted by atomic mass is 19.1. The Labute approximate surface area is 173 Å². The van der Waals surface area contributed by atoms with Crippen molar-refractivity contribution in [2.45, 2.75) is 13.8 Å². The standard InChI is InChI=1S/C22H21FN4O3/c1-14-9-16(15(2)27(14)19-6-3-17(23)4-7-19)11-25-26-22(28)12-24-18-5-8-20-21(10-18)30-13-29-20/h3-11,24H,12-13H2,1-2H3,(H,26,28)/b25-11-. The number of halogens is 1. The Morgan fingerprint density at radius 3 is 2.70 bits per heavy atom. The fraction of sp³-hybridized carbons (Fsp3) is 0.182. The molecule has 8 heteroatoms. The van der Waals surface area contributed by atoms with Gasteiger partial charge in [-0.2, -0.15) is 5.10 Å². The molecular formula is C22H21FN4O3. The maximum absolute atomic E-state index is 13.2. The van der Waals surface area contributed by atoms with Gasteiger partial charge in [-0.1, -0.05) is 0 Å². The van der Waals surface area contributed by atoms with Crippen molar-refractivity contribution in [3.8, 4) is 17.2 Å². The van der Waals surface area contributed by atoms with E-state index in [1.54, 1.807) is 30.5 Å². The number of hydrazone groups is 1. The average Bonchev–Trinajstić information content (AvgIpc) is 3.31. The number of hydrogen-bond donors (Lipinski definition) is 2. The molecule has 0 radical (unpaired) electrons. The molecule has 0 bridgehead atoms. The highest BCUT2D eigenvalue weighted by molar-refractivity contribution is 5.85. The van der Waals surface area contributed by atoms with Crippen molar-refractivity contribution in [2.24, 2.45) is 5.10 Å². The summed E-state index contributed by atoms with van der Waals surface area (Å²) < 4.78 is 25.8. The van der Waals surface area contributed by atoms with E-state index in [0.717, 1.165) is 28.3 Å². The number of amides is 1. The number of carbonyl (C=O) groups is 1. The second kappa shape index (κ2) is 8.28. The van der Waals surface area contributed by atoms with Gasteiger partial charge in [-0.05, 0) is 56.3 Å². The van der Waals surface area contributed by atoms with Crippen molar-refractivity contribution in [3.63, 3.8) is 0 Å². The maximum Gasteiger partial charge on any atom is 0.259 e. The quantitative estimate of drug-likeness (QED) is 0.483. The minimum absolute atomic E-state index is 0.0611. The van der Waals surface area contributed by atoms with Crippen molar-refractivity contribution >= 4 is 17.8 Å². The minimum atomic E-state index is -0.281. The van der Waals surface area contributed by atoms with Crippen LogP contribution in [0.5, 0.6) is 11.5 Å². The number of hydrogen-bond acceptors (Lipinski definition) is 5. The van der Waals surface area contributed by atoms with Crippen LogP contribution in [0.15, 0.2) is 53.6 Å². The zero-order chi connectivity index (χ0) is 21.1. The highest BCUT2D eigenvalue weighted by Gasteiger charge is 2.13. The summed E-state index contributed by atoms with van der Waals surface area (Å²) in [5.41, 5.74) is 6.91. The topological polar surface area (TPSA) is 76.9 Å². The number of carbonyl (C=O) groups excluding carboxylic acids is 1. The summed E-state index contributed by atoms with van der Waals surface area (Å²) in [7, 11) is 0. The Hall–Kier alpha value is -3.81. The number of aryl methyl sites for hydroxylation is 1. The van der Waals surface area contributed by atoms with Crippen molar-refractivity contribution in [1.82, 2.24) is 9.99 Å². The first-order valence-corrected chi connectivity index (χ1v) is 9.41. The van der Waals surface area contributed by atoms with Crippen LogP contribution in [0.1, 0.15) is 17.0 Å². The fourth-order valence-electron chi connectivity index (χ4n) is 3.31. The van der Waals surface area contributed by atoms with Crippen LogP contribution in [0, 0.1) is 19.7 Å². The lowest BCUT2D eigenvalue weighted by Gasteiger charge is -2.09. The molecule has 1 aliphatic rings. The Morgan fingerprint density at radius 2 is 1.90 bits per heavy atom. The van der Waals surface area contributed by atoms with Gasteiger partial charge in [-0.3, -0.25) is 4.79 Å². The van der Waals surface area contributed by atoms with E-state index in [9.17, 15) is 9.18 Å². The summed E-state index contributed by atoms with van der Waals surface area (Å²) in [4.78, 5) is 12.1. The van der Waals surface area contributed by atoms with Gasteiger partial charge in [-0.15, -0.1) is 0 Å². The summed E-state index contributed by atoms with van der Waals surface area (Å²) in [5.74, 6) is 0.777. The van der Waals surface area contributed by atoms with Crippen LogP contribution in [-0.2, 0) is 4.79 Å². The SMILES string of the molecule is Cc1cc(/C=N\NC(=O)CNc2ccc3c(c2)OCO3)c(C)n1-c1ccc(F)cc1. The maximum atomic E-state index is 13.2. The van der Waals surface area contributed by atoms with Crippen molar-refractivity contribution in [2.75, 3.05) is 18.7 Å². The number of ether oxygens (including phenoxy) is 2. The summed E-state index contributed by atoms with van der Waals surface area (Å²) in [5, 5.41) is 7.07. The van der Waals surface area contributed by atoms with Crippen LogP contribution < -0.4 is 20.2 Å². The van der Waals surface area contributed by atoms with E-state index in [0.29, 0.717) is 11.5 Å². The number of fused-ring (bicyclic) bond motifs is 1. The number of nitrogens with one attached hydrogen (secondary N) is 2. The molecule has 0 fully saturated rings. The second-order valence-electron chi connectivity index (χ2n) is 6.85. The normalized spacial score (nSPS) is 12.4. The molecule has 0 spiro atoms. The van der Waals surface area contributed by atoms with Gasteiger partial charge >= 0.3 is 0 Å². The average molecular weight is 408 g/mol. The van der Waals surface area contributed by atoms with Gasteiger partial charge in [0, 0.05) is 34.4 Å². The molecule has 0 saturated carbocycles. The third-order valence-electron chi connectivity index (χ3n) is 4.77. The van der Waals surface area contributed by atoms with Crippen LogP contribution in [0.3, 0.4) is 0 Å². The summed E-state index contributed by atoms with van der Waals surface area (Å²) in [6.45, 7) is 4.17. The Morgan fingerprint density at radius 1 is 1.13 bits per heavy atom. The van der Waals surface area contributed by atoms with Crippen LogP contribution in [-0.4, -0.2) is 30.0 Å². The molecule has 2 N–H and O–H groups in total. The van der Waals surface area contributed by atoms with Crippen LogP contribution >= 0.6 is 0 Å². The lowest BCUT2D eigenvalue weighted by atomic mass is 10.2. The number of aromatic nitrogens is 1. The monoisotopic (exact) mass is 408 g/mol. The second-order valence-corrected chi connectivity index (χ2v) is 6.85. The van der Waals surface area contributed by atoms with Gasteiger partial charge in [0.25, 0.3) is 5.91 Å². The molecule has 0 aliphatic carbocycles. The first kappa shape index (κ1) is 19.5. The lowest BCUT2D eigenvalue weighted by molar-refractivity contribution is -0.119. The third kappa shape index (κ3) is 4.12. The Kier molecular flexibility index (Phi) is 5.38. The van der Waals surface area contributed by atoms with Gasteiger partial charge < -0.3 is 19.4 Å². The molecule has 3 aromatic rings. The van der Waals surface area contributed by atoms with Gasteiger partial charge in [0.15, 0.2) is 11.5 Å². The van der Waals surface area contributed by atoms with E-state index in [1.807, 2.05) is 30.5 Å². The number of benzene rings is 2. The molecule has 154 valence electrons. The first-order chi connectivity index (χ1) is 14.5.